The molecule has 0 saturated carbocycles. The maximum absolute atomic E-state index is 13.6. The van der Waals surface area contributed by atoms with E-state index in [0.717, 1.165) is 31.5 Å². The lowest BCUT2D eigenvalue weighted by molar-refractivity contribution is -0.136. The summed E-state index contributed by atoms with van der Waals surface area (Å²) in [6, 6.07) is 3.41. The number of hydrogen-bond acceptors (Lipinski definition) is 3. The summed E-state index contributed by atoms with van der Waals surface area (Å²) in [5.41, 5.74) is 1.10. The predicted molar refractivity (Wildman–Crippen MR) is 91.6 cm³/mol. The Morgan fingerprint density at radius 3 is 2.67 bits per heavy atom. The highest BCUT2D eigenvalue weighted by molar-refractivity contribution is 5.71. The first kappa shape index (κ1) is 17.4. The molecule has 1 unspecified atom stereocenters. The summed E-state index contributed by atoms with van der Waals surface area (Å²) in [7, 11) is 0. The first-order chi connectivity index (χ1) is 11.3. The Morgan fingerprint density at radius 1 is 1.25 bits per heavy atom. The highest BCUT2D eigenvalue weighted by Gasteiger charge is 2.42. The highest BCUT2D eigenvalue weighted by Crippen LogP contribution is 2.47. The average Bonchev–Trinajstić information content (AvgIpc) is 2.83. The molecule has 0 amide bonds. The molecular weight excluding hydrogens is 315 g/mol. The van der Waals surface area contributed by atoms with Gasteiger partial charge in [0.05, 0.1) is 11.3 Å². The fourth-order valence-electron chi connectivity index (χ4n) is 4.02. The van der Waals surface area contributed by atoms with Gasteiger partial charge in [-0.05, 0) is 49.9 Å². The van der Waals surface area contributed by atoms with Crippen molar-refractivity contribution in [3.63, 3.8) is 0 Å². The van der Waals surface area contributed by atoms with Crippen molar-refractivity contribution in [1.29, 1.82) is 0 Å². The van der Waals surface area contributed by atoms with Crippen LogP contribution in [0.2, 0.25) is 0 Å². The Hall–Kier alpha value is -1.43. The first-order valence-electron chi connectivity index (χ1n) is 8.74. The molecule has 1 fully saturated rings. The molecule has 3 nitrogen and oxygen atoms in total. The zero-order valence-corrected chi connectivity index (χ0v) is 14.4. The molecule has 6 heteroatoms. The molecule has 134 valence electrons. The van der Waals surface area contributed by atoms with Gasteiger partial charge in [-0.15, -0.1) is 0 Å². The molecule has 0 radical (unpaired) electrons. The Kier molecular flexibility index (Phi) is 4.69. The van der Waals surface area contributed by atoms with E-state index < -0.39 is 11.7 Å². The van der Waals surface area contributed by atoms with Crippen molar-refractivity contribution in [2.45, 2.75) is 57.8 Å². The molecule has 3 rings (SSSR count). The number of nitrogens with one attached hydrogen (secondary N) is 3. The second-order valence-corrected chi connectivity index (χ2v) is 7.51. The van der Waals surface area contributed by atoms with E-state index in [1.54, 1.807) is 0 Å². The van der Waals surface area contributed by atoms with E-state index in [1.165, 1.54) is 6.07 Å². The molecule has 1 aromatic carbocycles. The number of rotatable bonds is 4. The second-order valence-electron chi connectivity index (χ2n) is 7.51. The minimum Gasteiger partial charge on any atom is -0.383 e. The van der Waals surface area contributed by atoms with Crippen molar-refractivity contribution in [2.24, 2.45) is 5.92 Å². The van der Waals surface area contributed by atoms with E-state index in [-0.39, 0.29) is 23.7 Å². The van der Waals surface area contributed by atoms with Crippen LogP contribution in [0.5, 0.6) is 0 Å². The molecule has 3 atom stereocenters. The molecule has 1 saturated heterocycles. The minimum absolute atomic E-state index is 0.102. The highest BCUT2D eigenvalue weighted by atomic mass is 19.4. The van der Waals surface area contributed by atoms with Gasteiger partial charge in [0.2, 0.25) is 0 Å². The zero-order valence-electron chi connectivity index (χ0n) is 14.4. The molecule has 0 spiro atoms. The van der Waals surface area contributed by atoms with Crippen LogP contribution in [0, 0.1) is 5.92 Å². The zero-order chi connectivity index (χ0) is 17.5. The fourth-order valence-corrected chi connectivity index (χ4v) is 4.02. The SMILES string of the molecule is CC(C)CC(C)Nc1cc2c(c(C(F)(F)F)c1)N[C@H]1CCNC[C@@H]21. The third-order valence-electron chi connectivity index (χ3n) is 4.92. The molecule has 3 N–H and O–H groups in total. The Labute approximate surface area is 141 Å². The van der Waals surface area contributed by atoms with Gasteiger partial charge in [0.15, 0.2) is 0 Å². The van der Waals surface area contributed by atoms with Crippen molar-refractivity contribution >= 4 is 11.4 Å². The second kappa shape index (κ2) is 6.47. The van der Waals surface area contributed by atoms with Gasteiger partial charge in [0.25, 0.3) is 0 Å². The number of benzene rings is 1. The standard InChI is InChI=1S/C18H26F3N3/c1-10(2)6-11(3)23-12-7-13-14-9-22-5-4-16(14)24-17(13)15(8-12)18(19,20)21/h7-8,10-11,14,16,22-24H,4-6,9H2,1-3H3/t11?,14-,16-/m0/s1. The van der Waals surface area contributed by atoms with E-state index in [0.29, 0.717) is 11.6 Å². The van der Waals surface area contributed by atoms with Crippen LogP contribution in [0.1, 0.15) is 50.7 Å². The topological polar surface area (TPSA) is 36.1 Å². The quantitative estimate of drug-likeness (QED) is 0.758. The van der Waals surface area contributed by atoms with E-state index in [1.807, 2.05) is 13.0 Å². The van der Waals surface area contributed by atoms with Gasteiger partial charge in [-0.25, -0.2) is 0 Å². The number of alkyl halides is 3. The van der Waals surface area contributed by atoms with Gasteiger partial charge in [0, 0.05) is 30.2 Å². The van der Waals surface area contributed by atoms with Crippen LogP contribution in [0.25, 0.3) is 0 Å². The van der Waals surface area contributed by atoms with Gasteiger partial charge < -0.3 is 16.0 Å². The number of fused-ring (bicyclic) bond motifs is 3. The normalized spacial score (nSPS) is 24.3. The molecule has 0 aliphatic carbocycles. The van der Waals surface area contributed by atoms with Crippen LogP contribution < -0.4 is 16.0 Å². The van der Waals surface area contributed by atoms with E-state index in [4.69, 9.17) is 0 Å². The summed E-state index contributed by atoms with van der Waals surface area (Å²) < 4.78 is 40.7. The summed E-state index contributed by atoms with van der Waals surface area (Å²) in [6.07, 6.45) is -2.58. The van der Waals surface area contributed by atoms with Crippen molar-refractivity contribution in [1.82, 2.24) is 5.32 Å². The molecule has 0 bridgehead atoms. The molecule has 0 aromatic heterocycles. The monoisotopic (exact) mass is 341 g/mol. The summed E-state index contributed by atoms with van der Waals surface area (Å²) in [5, 5.41) is 9.70. The number of halogens is 3. The number of anilines is 2. The Bertz CT molecular complexity index is 598. The summed E-state index contributed by atoms with van der Waals surface area (Å²) in [5.74, 6) is 0.606. The van der Waals surface area contributed by atoms with E-state index in [2.05, 4.69) is 29.8 Å². The average molecular weight is 341 g/mol. The summed E-state index contributed by atoms with van der Waals surface area (Å²) in [6.45, 7) is 7.82. The van der Waals surface area contributed by atoms with Crippen molar-refractivity contribution in [3.8, 4) is 0 Å². The minimum atomic E-state index is -4.35. The molecule has 2 heterocycles. The maximum atomic E-state index is 13.6. The third-order valence-corrected chi connectivity index (χ3v) is 4.92. The van der Waals surface area contributed by atoms with Gasteiger partial charge in [-0.1, -0.05) is 13.8 Å². The predicted octanol–water partition coefficient (Wildman–Crippen LogP) is 4.42. The largest absolute Gasteiger partial charge is 0.418 e. The molecule has 2 aliphatic heterocycles. The third kappa shape index (κ3) is 3.48. The van der Waals surface area contributed by atoms with Crippen LogP contribution in [0.15, 0.2) is 12.1 Å². The van der Waals surface area contributed by atoms with Gasteiger partial charge in [-0.3, -0.25) is 0 Å². The Balaban J connectivity index is 1.95. The van der Waals surface area contributed by atoms with Gasteiger partial charge >= 0.3 is 6.18 Å². The van der Waals surface area contributed by atoms with Gasteiger partial charge in [0.1, 0.15) is 0 Å². The lowest BCUT2D eigenvalue weighted by Crippen LogP contribution is -2.38. The number of piperidine rings is 1. The fraction of sp³-hybridized carbons (Fsp3) is 0.667. The first-order valence-corrected chi connectivity index (χ1v) is 8.74. The van der Waals surface area contributed by atoms with Crippen LogP contribution in [0.3, 0.4) is 0 Å². The maximum Gasteiger partial charge on any atom is 0.418 e. The summed E-state index contributed by atoms with van der Waals surface area (Å²) in [4.78, 5) is 0. The lowest BCUT2D eigenvalue weighted by atomic mass is 9.89. The molecule has 1 aromatic rings. The van der Waals surface area contributed by atoms with Crippen molar-refractivity contribution in [3.05, 3.63) is 23.3 Å². The smallest absolute Gasteiger partial charge is 0.383 e. The van der Waals surface area contributed by atoms with Crippen molar-refractivity contribution in [2.75, 3.05) is 23.7 Å². The van der Waals surface area contributed by atoms with Crippen LogP contribution in [-0.2, 0) is 6.18 Å². The van der Waals surface area contributed by atoms with Crippen LogP contribution >= 0.6 is 0 Å². The van der Waals surface area contributed by atoms with Crippen LogP contribution in [0.4, 0.5) is 24.5 Å². The van der Waals surface area contributed by atoms with E-state index >= 15 is 0 Å². The summed E-state index contributed by atoms with van der Waals surface area (Å²) >= 11 is 0. The lowest BCUT2D eigenvalue weighted by Gasteiger charge is -2.26. The molecule has 24 heavy (non-hydrogen) atoms. The molecule has 2 aliphatic rings. The molecular formula is C18H26F3N3. The van der Waals surface area contributed by atoms with Crippen LogP contribution in [-0.4, -0.2) is 25.2 Å². The van der Waals surface area contributed by atoms with Crippen molar-refractivity contribution < 1.29 is 13.2 Å². The number of hydrogen-bond donors (Lipinski definition) is 3. The van der Waals surface area contributed by atoms with E-state index in [9.17, 15) is 13.2 Å². The Morgan fingerprint density at radius 2 is 2.00 bits per heavy atom. The van der Waals surface area contributed by atoms with Gasteiger partial charge in [-0.2, -0.15) is 13.2 Å².